The number of carboxylic acid groups (broad SMARTS) is 1. The van der Waals surface area contributed by atoms with E-state index in [2.05, 4.69) is 0 Å². The number of nitrogens with zero attached hydrogens (tertiary/aromatic N) is 1. The number of aromatic carboxylic acids is 1. The molecule has 6 radical (unpaired) electrons. The number of hydrogen-bond acceptors (Lipinski definition) is 1. The monoisotopic (exact) mass is 754 g/mol. The minimum Gasteiger partial charge on any atom is -0.477 e. The zero-order valence-electron chi connectivity index (χ0n) is 13.7. The summed E-state index contributed by atoms with van der Waals surface area (Å²) in [5, 5.41) is 9.81. The molecule has 108 valence electrons. The maximum atomic E-state index is 10.8. The zero-order chi connectivity index (χ0) is 9.42. The Morgan fingerprint density at radius 2 is 1.32 bits per heavy atom. The van der Waals surface area contributed by atoms with Crippen molar-refractivity contribution in [1.82, 2.24) is 4.57 Å². The minimum absolute atomic E-state index is 0. The van der Waals surface area contributed by atoms with E-state index in [-0.39, 0.29) is 219 Å². The molecule has 9 heteroatoms. The van der Waals surface area contributed by atoms with Crippen molar-refractivity contribution in [3.8, 4) is 0 Å². The molecular weight excluding hydrogens is 736 g/mol. The molecule has 0 atom stereocenters. The smallest absolute Gasteiger partial charge is 0.352 e. The van der Waals surface area contributed by atoms with Gasteiger partial charge in [-0.3, -0.25) is 0 Å². The maximum absolute atomic E-state index is 10.8. The molecule has 3 nitrogen and oxygen atoms in total. The van der Waals surface area contributed by atoms with Crippen LogP contribution >= 0.6 is 0 Å². The van der Waals surface area contributed by atoms with E-state index in [0.29, 0.717) is 5.69 Å². The number of rotatable bonds is 1. The average Bonchev–Trinajstić information content (AvgIpc) is 2.45. The van der Waals surface area contributed by atoms with Gasteiger partial charge in [0, 0.05) is 214 Å². The van der Waals surface area contributed by atoms with Gasteiger partial charge in [-0.05, 0) is 12.1 Å². The maximum Gasteiger partial charge on any atom is 0.352 e. The molecule has 1 N–H and O–H groups in total. The van der Waals surface area contributed by atoms with Crippen LogP contribution in [0.3, 0.4) is 0 Å². The summed E-state index contributed by atoms with van der Waals surface area (Å²) in [4.78, 5) is 10.8. The summed E-state index contributed by atoms with van der Waals surface area (Å²) in [6, 6.07) is 9.28. The Kier molecular flexibility index (Phi) is 59.3. The van der Waals surface area contributed by atoms with Crippen LogP contribution in [-0.2, 0) is 203 Å². The van der Waals surface area contributed by atoms with Crippen LogP contribution in [0.25, 0.3) is 10.9 Å². The molecule has 0 fully saturated rings. The van der Waals surface area contributed by atoms with Crippen LogP contribution < -0.4 is 0 Å². The Morgan fingerprint density at radius 1 is 0.909 bits per heavy atom. The van der Waals surface area contributed by atoms with Gasteiger partial charge in [0.15, 0.2) is 0 Å². The summed E-state index contributed by atoms with van der Waals surface area (Å²) in [5.74, 6) is -0.890. The number of fused-ring (bicyclic) bond motifs is 1. The van der Waals surface area contributed by atoms with E-state index in [9.17, 15) is 4.79 Å². The van der Waals surface area contributed by atoms with Crippen molar-refractivity contribution in [2.24, 2.45) is 7.05 Å². The van der Waals surface area contributed by atoms with E-state index in [1.807, 2.05) is 24.3 Å². The van der Waals surface area contributed by atoms with E-state index < -0.39 is 5.97 Å². The molecular formula is C13H18NO2Y6-3. The SMILES string of the molecule is Cn1c(C(=O)O)cc2ccccc21.[CH3-].[CH3-].[CH3-].[Y].[Y].[Y].[Y].[Y].[Y]. The van der Waals surface area contributed by atoms with Gasteiger partial charge in [-0.1, -0.05) is 18.2 Å². The summed E-state index contributed by atoms with van der Waals surface area (Å²) in [7, 11) is 1.76. The third kappa shape index (κ3) is 13.9. The largest absolute Gasteiger partial charge is 0.477 e. The Hall–Kier alpha value is 4.85. The summed E-state index contributed by atoms with van der Waals surface area (Å²) in [6.45, 7) is 0. The van der Waals surface area contributed by atoms with Crippen LogP contribution in [-0.4, -0.2) is 15.6 Å². The average molecular weight is 754 g/mol. The van der Waals surface area contributed by atoms with Crippen LogP contribution in [0, 0.1) is 22.3 Å². The predicted octanol–water partition coefficient (Wildman–Crippen LogP) is 3.21. The first-order valence-electron chi connectivity index (χ1n) is 3.98. The molecule has 0 spiro atoms. The number of para-hydroxylation sites is 1. The van der Waals surface area contributed by atoms with Gasteiger partial charge in [-0.2, -0.15) is 0 Å². The molecule has 22 heavy (non-hydrogen) atoms. The van der Waals surface area contributed by atoms with Gasteiger partial charge in [0.2, 0.25) is 0 Å². The number of aromatic nitrogens is 1. The minimum atomic E-state index is -0.890. The first kappa shape index (κ1) is 50.5. The second-order valence-electron chi connectivity index (χ2n) is 2.95. The fourth-order valence-corrected chi connectivity index (χ4v) is 1.49. The van der Waals surface area contributed by atoms with Gasteiger partial charge in [0.1, 0.15) is 5.69 Å². The van der Waals surface area contributed by atoms with E-state index in [1.165, 1.54) is 0 Å². The third-order valence-electron chi connectivity index (χ3n) is 2.17. The molecule has 0 aliphatic rings. The van der Waals surface area contributed by atoms with E-state index in [1.54, 1.807) is 17.7 Å². The van der Waals surface area contributed by atoms with Crippen molar-refractivity contribution in [2.75, 3.05) is 0 Å². The van der Waals surface area contributed by atoms with Gasteiger partial charge in [-0.15, -0.1) is 0 Å². The molecule has 1 aromatic heterocycles. The van der Waals surface area contributed by atoms with E-state index >= 15 is 0 Å². The number of carboxylic acids is 1. The molecule has 2 rings (SSSR count). The van der Waals surface area contributed by atoms with Gasteiger partial charge in [0.05, 0.1) is 0 Å². The topological polar surface area (TPSA) is 42.2 Å². The number of aryl methyl sites for hydroxylation is 1. The van der Waals surface area contributed by atoms with E-state index in [0.717, 1.165) is 10.9 Å². The molecule has 0 unspecified atom stereocenters. The first-order chi connectivity index (χ1) is 6.20. The number of benzene rings is 1. The molecule has 1 heterocycles. The van der Waals surface area contributed by atoms with Crippen molar-refractivity contribution >= 4 is 16.9 Å². The van der Waals surface area contributed by atoms with Crippen molar-refractivity contribution in [3.05, 3.63) is 58.3 Å². The van der Waals surface area contributed by atoms with Crippen molar-refractivity contribution in [1.29, 1.82) is 0 Å². The fourth-order valence-electron chi connectivity index (χ4n) is 1.49. The van der Waals surface area contributed by atoms with Gasteiger partial charge >= 0.3 is 5.97 Å². The van der Waals surface area contributed by atoms with Crippen LogP contribution in [0.2, 0.25) is 0 Å². The normalized spacial score (nSPS) is 6.23. The quantitative estimate of drug-likeness (QED) is 0.456. The molecule has 1 aromatic carbocycles. The summed E-state index contributed by atoms with van der Waals surface area (Å²) in [6.07, 6.45) is 0. The summed E-state index contributed by atoms with van der Waals surface area (Å²) < 4.78 is 1.68. The first-order valence-corrected chi connectivity index (χ1v) is 3.98. The number of carbonyl (C=O) groups is 1. The van der Waals surface area contributed by atoms with Crippen LogP contribution in [0.15, 0.2) is 30.3 Å². The molecule has 0 bridgehead atoms. The Morgan fingerprint density at radius 3 is 1.68 bits per heavy atom. The van der Waals surface area contributed by atoms with E-state index in [4.69, 9.17) is 5.11 Å². The second-order valence-corrected chi connectivity index (χ2v) is 2.95. The molecule has 0 amide bonds. The van der Waals surface area contributed by atoms with Crippen molar-refractivity contribution in [2.45, 2.75) is 0 Å². The van der Waals surface area contributed by atoms with Crippen molar-refractivity contribution in [3.63, 3.8) is 0 Å². The molecule has 0 aliphatic heterocycles. The fraction of sp³-hybridized carbons (Fsp3) is 0.0769. The molecule has 0 saturated heterocycles. The van der Waals surface area contributed by atoms with Crippen molar-refractivity contribution < 1.29 is 206 Å². The summed E-state index contributed by atoms with van der Waals surface area (Å²) in [5.41, 5.74) is 1.26. The Balaban J connectivity index is -0.0000000363. The number of hydrogen-bond donors (Lipinski definition) is 1. The van der Waals surface area contributed by atoms with Crippen LogP contribution in [0.1, 0.15) is 10.5 Å². The van der Waals surface area contributed by atoms with Crippen LogP contribution in [0.4, 0.5) is 0 Å². The molecule has 0 aliphatic carbocycles. The van der Waals surface area contributed by atoms with Gasteiger partial charge in [-0.25, -0.2) is 4.79 Å². The Bertz CT molecular complexity index is 490. The second kappa shape index (κ2) is 25.9. The Labute approximate surface area is 286 Å². The third-order valence-corrected chi connectivity index (χ3v) is 2.17. The van der Waals surface area contributed by atoms with Gasteiger partial charge < -0.3 is 32.0 Å². The molecule has 0 saturated carbocycles. The van der Waals surface area contributed by atoms with Crippen LogP contribution in [0.5, 0.6) is 0 Å². The standard InChI is InChI=1S/C10H9NO2.3CH3.6Y/c1-11-8-5-3-2-4-7(8)6-9(11)10(12)13;;;;;;;;;/h2-6H,1H3,(H,12,13);3*1H3;;;;;;/q;3*-1;;;;;;. The van der Waals surface area contributed by atoms with Gasteiger partial charge in [0.25, 0.3) is 0 Å². The zero-order valence-corrected chi connectivity index (χ0v) is 30.7. The molecule has 2 aromatic rings. The summed E-state index contributed by atoms with van der Waals surface area (Å²) >= 11 is 0. The predicted molar refractivity (Wildman–Crippen MR) is 69.1 cm³/mol.